The van der Waals surface area contributed by atoms with Crippen molar-refractivity contribution in [1.29, 1.82) is 0 Å². The van der Waals surface area contributed by atoms with Gasteiger partial charge in [-0.25, -0.2) is 9.79 Å². The van der Waals surface area contributed by atoms with Crippen LogP contribution in [0.15, 0.2) is 68.9 Å². The molecule has 1 fully saturated rings. The van der Waals surface area contributed by atoms with Crippen LogP contribution in [-0.4, -0.2) is 40.5 Å². The van der Waals surface area contributed by atoms with Crippen molar-refractivity contribution in [3.05, 3.63) is 86.5 Å². The smallest absolute Gasteiger partial charge is 0.337 e. The number of nitrogens with zero attached hydrogens (tertiary/aromatic N) is 3. The summed E-state index contributed by atoms with van der Waals surface area (Å²) >= 11 is 1.22. The number of hydrogen-bond donors (Lipinski definition) is 0. The van der Waals surface area contributed by atoms with Gasteiger partial charge in [-0.3, -0.25) is 19.8 Å². The molecule has 0 aliphatic carbocycles. The zero-order valence-corrected chi connectivity index (χ0v) is 20.0. The van der Waals surface area contributed by atoms with E-state index in [0.29, 0.717) is 50.5 Å². The van der Waals surface area contributed by atoms with Crippen LogP contribution in [0.1, 0.15) is 28.6 Å². The summed E-state index contributed by atoms with van der Waals surface area (Å²) in [4.78, 5) is 42.0. The van der Waals surface area contributed by atoms with Crippen LogP contribution in [0.4, 0.5) is 11.4 Å². The molecular formula is C25H21N3O6S. The normalized spacial score (nSPS) is 15.7. The first-order valence-corrected chi connectivity index (χ1v) is 11.5. The zero-order valence-electron chi connectivity index (χ0n) is 19.2. The van der Waals surface area contributed by atoms with Gasteiger partial charge >= 0.3 is 5.97 Å². The molecule has 0 bridgehead atoms. The maximum absolute atomic E-state index is 13.0. The molecule has 9 nitrogen and oxygen atoms in total. The minimum absolute atomic E-state index is 0.0133. The van der Waals surface area contributed by atoms with Gasteiger partial charge in [0.15, 0.2) is 5.17 Å². The summed E-state index contributed by atoms with van der Waals surface area (Å²) in [6.45, 7) is 3.95. The average molecular weight is 492 g/mol. The highest BCUT2D eigenvalue weighted by molar-refractivity contribution is 8.18. The molecule has 35 heavy (non-hydrogen) atoms. The largest absolute Gasteiger partial charge is 0.465 e. The second-order valence-electron chi connectivity index (χ2n) is 7.50. The van der Waals surface area contributed by atoms with E-state index < -0.39 is 10.9 Å². The summed E-state index contributed by atoms with van der Waals surface area (Å²) in [7, 11) is 1.32. The Bertz CT molecular complexity index is 1370. The predicted molar refractivity (Wildman–Crippen MR) is 133 cm³/mol. The zero-order chi connectivity index (χ0) is 25.1. The molecule has 1 aromatic heterocycles. The number of ether oxygens (including phenoxy) is 1. The Balaban J connectivity index is 1.60. The molecule has 0 saturated carbocycles. The highest BCUT2D eigenvalue weighted by Gasteiger charge is 2.32. The maximum atomic E-state index is 13.0. The van der Waals surface area contributed by atoms with Crippen LogP contribution in [0.25, 0.3) is 17.4 Å². The van der Waals surface area contributed by atoms with Gasteiger partial charge < -0.3 is 9.15 Å². The lowest BCUT2D eigenvalue weighted by Gasteiger charge is -2.12. The molecule has 10 heteroatoms. The lowest BCUT2D eigenvalue weighted by atomic mass is 10.1. The molecule has 1 aliphatic rings. The minimum Gasteiger partial charge on any atom is -0.465 e. The van der Waals surface area contributed by atoms with Crippen molar-refractivity contribution < 1.29 is 23.7 Å². The highest BCUT2D eigenvalue weighted by Crippen LogP contribution is 2.36. The molecule has 0 atom stereocenters. The quantitative estimate of drug-likeness (QED) is 0.191. The topological polar surface area (TPSA) is 115 Å². The fourth-order valence-corrected chi connectivity index (χ4v) is 4.61. The Labute approximate surface area is 205 Å². The van der Waals surface area contributed by atoms with E-state index in [9.17, 15) is 19.7 Å². The van der Waals surface area contributed by atoms with Crippen molar-refractivity contribution in [3.63, 3.8) is 0 Å². The maximum Gasteiger partial charge on any atom is 0.337 e. The van der Waals surface area contributed by atoms with Crippen molar-refractivity contribution in [2.24, 2.45) is 4.99 Å². The number of carbonyl (C=O) groups is 2. The fraction of sp³-hybridized carbons (Fsp3) is 0.160. The molecule has 4 rings (SSSR count). The molecular weight excluding hydrogens is 470 g/mol. The number of amidine groups is 1. The first kappa shape index (κ1) is 24.0. The Morgan fingerprint density at radius 1 is 1.20 bits per heavy atom. The monoisotopic (exact) mass is 491 g/mol. The summed E-state index contributed by atoms with van der Waals surface area (Å²) in [5.41, 5.74) is 2.13. The third kappa shape index (κ3) is 4.87. The van der Waals surface area contributed by atoms with Gasteiger partial charge in [0.05, 0.1) is 28.2 Å². The van der Waals surface area contributed by atoms with Crippen LogP contribution in [0.5, 0.6) is 0 Å². The van der Waals surface area contributed by atoms with E-state index in [0.717, 1.165) is 0 Å². The van der Waals surface area contributed by atoms with Gasteiger partial charge in [-0.15, -0.1) is 0 Å². The third-order valence-corrected chi connectivity index (χ3v) is 6.39. The SMILES string of the molecule is CCN1C(=O)/C(=C\c2ccc(-c3cccc([N+](=O)[O-])c3C)o2)SC1=Nc1ccc(C(=O)OC)cc1. The Kier molecular flexibility index (Phi) is 6.83. The molecule has 1 saturated heterocycles. The number of hydrogen-bond acceptors (Lipinski definition) is 8. The fourth-order valence-electron chi connectivity index (χ4n) is 3.56. The van der Waals surface area contributed by atoms with Gasteiger partial charge in [0.1, 0.15) is 11.5 Å². The van der Waals surface area contributed by atoms with E-state index in [1.54, 1.807) is 66.4 Å². The van der Waals surface area contributed by atoms with E-state index in [-0.39, 0.29) is 11.6 Å². The van der Waals surface area contributed by atoms with Gasteiger partial charge in [0.25, 0.3) is 11.6 Å². The van der Waals surface area contributed by atoms with Crippen molar-refractivity contribution >= 4 is 46.3 Å². The second kappa shape index (κ2) is 9.98. The van der Waals surface area contributed by atoms with E-state index in [4.69, 9.17) is 9.15 Å². The van der Waals surface area contributed by atoms with E-state index in [1.807, 2.05) is 6.92 Å². The third-order valence-electron chi connectivity index (χ3n) is 5.38. The standard InChI is InChI=1S/C25H21N3O6S/c1-4-27-23(29)22(35-25(27)26-17-10-8-16(9-11-17)24(30)33-3)14-18-12-13-21(34-18)19-6-5-7-20(15(19)2)28(31)32/h5-14H,4H2,1-3H3/b22-14+,26-25?. The van der Waals surface area contributed by atoms with Crippen LogP contribution < -0.4 is 0 Å². The Morgan fingerprint density at radius 3 is 2.60 bits per heavy atom. The number of esters is 1. The first-order chi connectivity index (χ1) is 16.8. The number of methoxy groups -OCH3 is 1. The van der Waals surface area contributed by atoms with Crippen molar-refractivity contribution in [1.82, 2.24) is 4.90 Å². The molecule has 1 amide bonds. The van der Waals surface area contributed by atoms with Crippen LogP contribution in [0.2, 0.25) is 0 Å². The number of furan rings is 1. The van der Waals surface area contributed by atoms with Crippen molar-refractivity contribution in [3.8, 4) is 11.3 Å². The Morgan fingerprint density at radius 2 is 1.94 bits per heavy atom. The van der Waals surface area contributed by atoms with Gasteiger partial charge in [-0.2, -0.15) is 0 Å². The number of nitro benzene ring substituents is 1. The van der Waals surface area contributed by atoms with Crippen LogP contribution in [0.3, 0.4) is 0 Å². The number of amides is 1. The van der Waals surface area contributed by atoms with Gasteiger partial charge in [0.2, 0.25) is 0 Å². The summed E-state index contributed by atoms with van der Waals surface area (Å²) in [6.07, 6.45) is 1.63. The first-order valence-electron chi connectivity index (χ1n) is 10.6. The van der Waals surface area contributed by atoms with Gasteiger partial charge in [-0.1, -0.05) is 12.1 Å². The predicted octanol–water partition coefficient (Wildman–Crippen LogP) is 5.57. The van der Waals surface area contributed by atoms with Crippen LogP contribution >= 0.6 is 11.8 Å². The molecule has 0 unspecified atom stereocenters. The highest BCUT2D eigenvalue weighted by atomic mass is 32.2. The molecule has 0 radical (unpaired) electrons. The Hall–Kier alpha value is -4.18. The number of thioether (sulfide) groups is 1. The molecule has 178 valence electrons. The average Bonchev–Trinajstić information content (AvgIpc) is 3.43. The second-order valence-corrected chi connectivity index (χ2v) is 8.51. The summed E-state index contributed by atoms with van der Waals surface area (Å²) in [5.74, 6) is 0.280. The number of nitro groups is 1. The lowest BCUT2D eigenvalue weighted by Crippen LogP contribution is -2.28. The number of carbonyl (C=O) groups excluding carboxylic acids is 2. The number of rotatable bonds is 6. The number of aliphatic imine (C=N–C) groups is 1. The number of benzene rings is 2. The molecule has 1 aliphatic heterocycles. The lowest BCUT2D eigenvalue weighted by molar-refractivity contribution is -0.385. The van der Waals surface area contributed by atoms with Crippen LogP contribution in [-0.2, 0) is 9.53 Å². The van der Waals surface area contributed by atoms with E-state index in [1.165, 1.54) is 24.9 Å². The minimum atomic E-state index is -0.437. The van der Waals surface area contributed by atoms with Crippen molar-refractivity contribution in [2.75, 3.05) is 13.7 Å². The summed E-state index contributed by atoms with van der Waals surface area (Å²) < 4.78 is 10.6. The molecule has 2 aromatic carbocycles. The van der Waals surface area contributed by atoms with E-state index >= 15 is 0 Å². The molecule has 2 heterocycles. The van der Waals surface area contributed by atoms with Crippen LogP contribution in [0, 0.1) is 17.0 Å². The van der Waals surface area contributed by atoms with Gasteiger partial charge in [0, 0.05) is 29.8 Å². The molecule has 0 spiro atoms. The van der Waals surface area contributed by atoms with E-state index in [2.05, 4.69) is 4.99 Å². The van der Waals surface area contributed by atoms with Crippen molar-refractivity contribution in [2.45, 2.75) is 13.8 Å². The summed E-state index contributed by atoms with van der Waals surface area (Å²) in [6, 6.07) is 14.8. The molecule has 3 aromatic rings. The summed E-state index contributed by atoms with van der Waals surface area (Å²) in [5, 5.41) is 11.8. The number of likely N-dealkylation sites (N-methyl/N-ethyl adjacent to an activating group) is 1. The molecule has 0 N–H and O–H groups in total. The van der Waals surface area contributed by atoms with Gasteiger partial charge in [-0.05, 0) is 62.0 Å².